The first-order valence-corrected chi connectivity index (χ1v) is 8.33. The van der Waals surface area contributed by atoms with E-state index in [9.17, 15) is 4.79 Å². The third kappa shape index (κ3) is 2.28. The first-order chi connectivity index (χ1) is 10.2. The molecule has 1 N–H and O–H groups in total. The smallest absolute Gasteiger partial charge is 0.244 e. The molecule has 2 saturated carbocycles. The number of carbonyl (C=O) groups is 1. The van der Waals surface area contributed by atoms with Crippen LogP contribution in [0.4, 0.5) is 0 Å². The molecule has 112 valence electrons. The van der Waals surface area contributed by atoms with Crippen LogP contribution in [0.25, 0.3) is 0 Å². The van der Waals surface area contributed by atoms with Crippen LogP contribution in [0.2, 0.25) is 0 Å². The largest absolute Gasteiger partial charge is 0.321 e. The molecular formula is C18H24N2O. The van der Waals surface area contributed by atoms with E-state index in [1.165, 1.54) is 36.8 Å². The molecular weight excluding hydrogens is 260 g/mol. The standard InChI is InChI=1S/C18H24N2O/c1-13-6-8-15(9-7-13)16-19-18(10-11-18)17(21)20(16)12-14-4-2-3-5-14/h6-9,14,16,19H,2-5,10-12H2,1H3. The Hall–Kier alpha value is -1.35. The second kappa shape index (κ2) is 4.84. The predicted octanol–water partition coefficient (Wildman–Crippen LogP) is 3.15. The molecule has 1 saturated heterocycles. The van der Waals surface area contributed by atoms with Gasteiger partial charge in [0.25, 0.3) is 0 Å². The topological polar surface area (TPSA) is 32.3 Å². The van der Waals surface area contributed by atoms with Gasteiger partial charge in [0.05, 0.1) is 0 Å². The maximum atomic E-state index is 12.8. The van der Waals surface area contributed by atoms with Crippen molar-refractivity contribution in [2.45, 2.75) is 57.2 Å². The summed E-state index contributed by atoms with van der Waals surface area (Å²) in [7, 11) is 0. The van der Waals surface area contributed by atoms with E-state index >= 15 is 0 Å². The van der Waals surface area contributed by atoms with Crippen LogP contribution in [0.15, 0.2) is 24.3 Å². The molecule has 0 aromatic heterocycles. The summed E-state index contributed by atoms with van der Waals surface area (Å²) >= 11 is 0. The molecule has 3 fully saturated rings. The average molecular weight is 284 g/mol. The van der Waals surface area contributed by atoms with Crippen LogP contribution in [-0.2, 0) is 4.79 Å². The van der Waals surface area contributed by atoms with E-state index in [0.717, 1.165) is 19.4 Å². The van der Waals surface area contributed by atoms with Crippen LogP contribution >= 0.6 is 0 Å². The Morgan fingerprint density at radius 2 is 1.86 bits per heavy atom. The molecule has 4 rings (SSSR count). The van der Waals surface area contributed by atoms with Crippen molar-refractivity contribution in [3.8, 4) is 0 Å². The van der Waals surface area contributed by atoms with Crippen LogP contribution in [0.5, 0.6) is 0 Å². The Kier molecular flexibility index (Phi) is 3.07. The second-order valence-electron chi connectivity index (χ2n) is 7.15. The Balaban J connectivity index is 1.60. The molecule has 1 spiro atoms. The molecule has 3 nitrogen and oxygen atoms in total. The second-order valence-corrected chi connectivity index (χ2v) is 7.15. The molecule has 2 aliphatic carbocycles. The van der Waals surface area contributed by atoms with Crippen molar-refractivity contribution < 1.29 is 4.79 Å². The van der Waals surface area contributed by atoms with Crippen molar-refractivity contribution in [2.75, 3.05) is 6.54 Å². The molecule has 1 heterocycles. The van der Waals surface area contributed by atoms with Crippen LogP contribution in [0, 0.1) is 12.8 Å². The molecule has 1 aromatic rings. The first-order valence-electron chi connectivity index (χ1n) is 8.33. The molecule has 0 radical (unpaired) electrons. The Morgan fingerprint density at radius 1 is 1.19 bits per heavy atom. The third-order valence-electron chi connectivity index (χ3n) is 5.47. The first kappa shape index (κ1) is 13.3. The lowest BCUT2D eigenvalue weighted by Gasteiger charge is -2.27. The highest BCUT2D eigenvalue weighted by atomic mass is 16.2. The fourth-order valence-electron chi connectivity index (χ4n) is 3.95. The highest BCUT2D eigenvalue weighted by molar-refractivity contribution is 5.92. The zero-order valence-corrected chi connectivity index (χ0v) is 12.8. The van der Waals surface area contributed by atoms with Gasteiger partial charge in [-0.1, -0.05) is 42.7 Å². The number of nitrogens with zero attached hydrogens (tertiary/aromatic N) is 1. The molecule has 1 unspecified atom stereocenters. The van der Waals surface area contributed by atoms with Gasteiger partial charge in [-0.05, 0) is 44.1 Å². The van der Waals surface area contributed by atoms with Gasteiger partial charge in [-0.15, -0.1) is 0 Å². The van der Waals surface area contributed by atoms with Crippen molar-refractivity contribution in [3.63, 3.8) is 0 Å². The number of rotatable bonds is 3. The normalized spacial score (nSPS) is 27.8. The summed E-state index contributed by atoms with van der Waals surface area (Å²) in [4.78, 5) is 14.9. The highest BCUT2D eigenvalue weighted by Crippen LogP contribution is 2.46. The van der Waals surface area contributed by atoms with Crippen molar-refractivity contribution in [2.24, 2.45) is 5.92 Å². The minimum atomic E-state index is -0.214. The number of carbonyl (C=O) groups excluding carboxylic acids is 1. The molecule has 1 atom stereocenters. The summed E-state index contributed by atoms with van der Waals surface area (Å²) in [6.07, 6.45) is 7.35. The Bertz CT molecular complexity index is 541. The van der Waals surface area contributed by atoms with E-state index in [1.807, 2.05) is 0 Å². The third-order valence-corrected chi connectivity index (χ3v) is 5.47. The van der Waals surface area contributed by atoms with Crippen molar-refractivity contribution in [3.05, 3.63) is 35.4 Å². The molecule has 3 aliphatic rings. The van der Waals surface area contributed by atoms with Gasteiger partial charge in [0, 0.05) is 6.54 Å². The van der Waals surface area contributed by atoms with E-state index in [0.29, 0.717) is 11.8 Å². The van der Waals surface area contributed by atoms with Gasteiger partial charge >= 0.3 is 0 Å². The molecule has 1 aliphatic heterocycles. The van der Waals surface area contributed by atoms with E-state index in [-0.39, 0.29) is 11.7 Å². The number of nitrogens with one attached hydrogen (secondary N) is 1. The molecule has 3 heteroatoms. The fourth-order valence-corrected chi connectivity index (χ4v) is 3.95. The van der Waals surface area contributed by atoms with Crippen LogP contribution in [-0.4, -0.2) is 22.9 Å². The van der Waals surface area contributed by atoms with Gasteiger partial charge in [0.15, 0.2) is 0 Å². The van der Waals surface area contributed by atoms with Gasteiger partial charge < -0.3 is 4.90 Å². The van der Waals surface area contributed by atoms with E-state index in [1.54, 1.807) is 0 Å². The summed E-state index contributed by atoms with van der Waals surface area (Å²) in [6.45, 7) is 3.04. The number of benzene rings is 1. The summed E-state index contributed by atoms with van der Waals surface area (Å²) in [5.74, 6) is 1.05. The van der Waals surface area contributed by atoms with Crippen molar-refractivity contribution in [1.82, 2.24) is 10.2 Å². The lowest BCUT2D eigenvalue weighted by Crippen LogP contribution is -2.35. The predicted molar refractivity (Wildman–Crippen MR) is 82.7 cm³/mol. The van der Waals surface area contributed by atoms with Crippen molar-refractivity contribution in [1.29, 1.82) is 0 Å². The minimum Gasteiger partial charge on any atom is -0.321 e. The number of hydrogen-bond acceptors (Lipinski definition) is 2. The van der Waals surface area contributed by atoms with Crippen LogP contribution in [0.1, 0.15) is 55.8 Å². The van der Waals surface area contributed by atoms with Crippen LogP contribution < -0.4 is 5.32 Å². The Labute approximate surface area is 126 Å². The molecule has 21 heavy (non-hydrogen) atoms. The van der Waals surface area contributed by atoms with Gasteiger partial charge in [0.2, 0.25) is 5.91 Å². The Morgan fingerprint density at radius 3 is 2.48 bits per heavy atom. The van der Waals surface area contributed by atoms with E-state index in [4.69, 9.17) is 0 Å². The van der Waals surface area contributed by atoms with Crippen LogP contribution in [0.3, 0.4) is 0 Å². The molecule has 0 bridgehead atoms. The SMILES string of the molecule is Cc1ccc(C2NC3(CC3)C(=O)N2CC2CCCC2)cc1. The number of aryl methyl sites for hydroxylation is 1. The summed E-state index contributed by atoms with van der Waals surface area (Å²) in [5.41, 5.74) is 2.29. The number of amides is 1. The van der Waals surface area contributed by atoms with Crippen molar-refractivity contribution >= 4 is 5.91 Å². The van der Waals surface area contributed by atoms with Gasteiger partial charge in [0.1, 0.15) is 11.7 Å². The molecule has 1 aromatic carbocycles. The maximum absolute atomic E-state index is 12.8. The lowest BCUT2D eigenvalue weighted by molar-refractivity contribution is -0.131. The van der Waals surface area contributed by atoms with E-state index in [2.05, 4.69) is 41.4 Å². The van der Waals surface area contributed by atoms with Gasteiger partial charge in [-0.25, -0.2) is 0 Å². The highest BCUT2D eigenvalue weighted by Gasteiger charge is 2.59. The average Bonchev–Trinajstić information content (AvgIpc) is 2.99. The fraction of sp³-hybridized carbons (Fsp3) is 0.611. The summed E-state index contributed by atoms with van der Waals surface area (Å²) < 4.78 is 0. The minimum absolute atomic E-state index is 0.0844. The zero-order chi connectivity index (χ0) is 14.4. The monoisotopic (exact) mass is 284 g/mol. The summed E-state index contributed by atoms with van der Waals surface area (Å²) in [5, 5.41) is 3.63. The number of hydrogen-bond donors (Lipinski definition) is 1. The van der Waals surface area contributed by atoms with Gasteiger partial charge in [-0.3, -0.25) is 10.1 Å². The quantitative estimate of drug-likeness (QED) is 0.924. The van der Waals surface area contributed by atoms with E-state index < -0.39 is 0 Å². The molecule has 1 amide bonds. The zero-order valence-electron chi connectivity index (χ0n) is 12.8. The lowest BCUT2D eigenvalue weighted by atomic mass is 10.1. The maximum Gasteiger partial charge on any atom is 0.244 e. The van der Waals surface area contributed by atoms with Gasteiger partial charge in [-0.2, -0.15) is 0 Å². The summed E-state index contributed by atoms with van der Waals surface area (Å²) in [6, 6.07) is 8.63.